The molecule has 0 aliphatic heterocycles. The van der Waals surface area contributed by atoms with E-state index in [1.54, 1.807) is 0 Å². The van der Waals surface area contributed by atoms with Gasteiger partial charge in [0.1, 0.15) is 5.82 Å². The second-order valence-electron chi connectivity index (χ2n) is 16.6. The van der Waals surface area contributed by atoms with Crippen LogP contribution in [0.1, 0.15) is 22.9 Å². The van der Waals surface area contributed by atoms with E-state index in [0.717, 1.165) is 38.4 Å². The summed E-state index contributed by atoms with van der Waals surface area (Å²) in [6.07, 6.45) is 0. The Balaban J connectivity index is 1.09. The maximum absolute atomic E-state index is 5.61. The van der Waals surface area contributed by atoms with Gasteiger partial charge in [-0.05, 0) is 84.9 Å². The van der Waals surface area contributed by atoms with Crippen molar-refractivity contribution < 1.29 is 0 Å². The minimum atomic E-state index is -0.176. The molecule has 1 unspecified atom stereocenters. The molecule has 4 nitrogen and oxygen atoms in total. The topological polar surface area (TPSA) is 43.6 Å². The Kier molecular flexibility index (Phi) is 7.30. The average molecular weight is 819 g/mol. The van der Waals surface area contributed by atoms with Crippen LogP contribution in [-0.4, -0.2) is 19.5 Å². The minimum absolute atomic E-state index is 0.176. The molecule has 13 aromatic rings. The molecule has 3 heterocycles. The first-order chi connectivity index (χ1) is 31.2. The van der Waals surface area contributed by atoms with Crippen molar-refractivity contribution in [2.45, 2.75) is 5.92 Å². The van der Waals surface area contributed by atoms with Crippen LogP contribution < -0.4 is 0 Å². The highest BCUT2D eigenvalue weighted by Crippen LogP contribution is 2.51. The Hall–Kier alpha value is -7.99. The van der Waals surface area contributed by atoms with Crippen molar-refractivity contribution in [3.8, 4) is 39.6 Å². The molecule has 63 heavy (non-hydrogen) atoms. The molecule has 0 radical (unpaired) electrons. The summed E-state index contributed by atoms with van der Waals surface area (Å²) in [5, 5.41) is 12.3. The van der Waals surface area contributed by atoms with E-state index >= 15 is 0 Å². The summed E-state index contributed by atoms with van der Waals surface area (Å²) in [5.41, 5.74) is 10.3. The molecular formula is C58H34N4S. The molecule has 292 valence electrons. The maximum atomic E-state index is 5.61. The van der Waals surface area contributed by atoms with Gasteiger partial charge in [-0.25, -0.2) is 15.0 Å². The van der Waals surface area contributed by atoms with E-state index < -0.39 is 0 Å². The molecule has 0 N–H and O–H groups in total. The van der Waals surface area contributed by atoms with Gasteiger partial charge < -0.3 is 4.57 Å². The summed E-state index contributed by atoms with van der Waals surface area (Å²) in [6.45, 7) is 0. The molecule has 1 atom stereocenters. The molecule has 0 saturated carbocycles. The van der Waals surface area contributed by atoms with E-state index in [1.165, 1.54) is 80.8 Å². The van der Waals surface area contributed by atoms with Crippen LogP contribution in [-0.2, 0) is 0 Å². The zero-order chi connectivity index (χ0) is 41.2. The fraction of sp³-hybridized carbons (Fsp3) is 0.0172. The van der Waals surface area contributed by atoms with Gasteiger partial charge in [0, 0.05) is 47.8 Å². The summed E-state index contributed by atoms with van der Waals surface area (Å²) < 4.78 is 4.85. The van der Waals surface area contributed by atoms with Gasteiger partial charge in [0.25, 0.3) is 0 Å². The standard InChI is InChI=1S/C58H34N4S/c1-2-17-37(18-3-1)56-59-57(61-58(60-56)52-44-24-11-10-23-43(44)51-39-19-7-4-14-34(39)26-29-45(51)52)47-33-38(32-46-42-22-12-13-25-50(42)63-55(46)47)62-48-30-27-35-15-5-8-20-40(35)53(48)54-41-21-9-6-16-36(41)28-31-49(54)62/h1-33,52H. The van der Waals surface area contributed by atoms with Crippen molar-refractivity contribution in [2.75, 3.05) is 0 Å². The SMILES string of the molecule is c1ccc(-c2nc(-c3cc(-n4c5ccc6ccccc6c5c5c6ccccc6ccc54)cc4c3sc3ccccc34)nc(C3c4ccccc4-c4c3ccc3ccccc43)n2)cc1. The normalized spacial score (nSPS) is 13.6. The van der Waals surface area contributed by atoms with Crippen molar-refractivity contribution in [1.82, 2.24) is 19.5 Å². The third-order valence-electron chi connectivity index (χ3n) is 13.3. The lowest BCUT2D eigenvalue weighted by Crippen LogP contribution is -2.09. The Morgan fingerprint density at radius 3 is 1.75 bits per heavy atom. The molecule has 0 saturated heterocycles. The van der Waals surface area contributed by atoms with E-state index in [9.17, 15) is 0 Å². The number of rotatable bonds is 4. The molecule has 0 bridgehead atoms. The van der Waals surface area contributed by atoms with Gasteiger partial charge in [-0.2, -0.15) is 0 Å². The van der Waals surface area contributed by atoms with Crippen LogP contribution in [0, 0.1) is 0 Å². The minimum Gasteiger partial charge on any atom is -0.309 e. The lowest BCUT2D eigenvalue weighted by Gasteiger charge is -2.16. The molecule has 10 aromatic carbocycles. The van der Waals surface area contributed by atoms with Gasteiger partial charge in [-0.3, -0.25) is 0 Å². The maximum Gasteiger partial charge on any atom is 0.165 e. The monoisotopic (exact) mass is 818 g/mol. The lowest BCUT2D eigenvalue weighted by atomic mass is 9.94. The Bertz CT molecular complexity index is 3960. The molecule has 0 amide bonds. The van der Waals surface area contributed by atoms with Crippen molar-refractivity contribution in [3.63, 3.8) is 0 Å². The van der Waals surface area contributed by atoms with Gasteiger partial charge in [0.05, 0.1) is 17.0 Å². The zero-order valence-corrected chi connectivity index (χ0v) is 34.6. The number of hydrogen-bond donors (Lipinski definition) is 0. The number of benzene rings is 10. The molecule has 14 rings (SSSR count). The highest BCUT2D eigenvalue weighted by atomic mass is 32.1. The molecular weight excluding hydrogens is 785 g/mol. The fourth-order valence-corrected chi connectivity index (χ4v) is 11.7. The van der Waals surface area contributed by atoms with Crippen molar-refractivity contribution in [1.29, 1.82) is 0 Å². The Labute approximate surface area is 366 Å². The molecule has 3 aromatic heterocycles. The third kappa shape index (κ3) is 5.05. The first kappa shape index (κ1) is 34.7. The van der Waals surface area contributed by atoms with Gasteiger partial charge >= 0.3 is 0 Å². The quantitative estimate of drug-likeness (QED) is 0.178. The Morgan fingerprint density at radius 1 is 0.413 bits per heavy atom. The molecule has 5 heteroatoms. The Morgan fingerprint density at radius 2 is 1.00 bits per heavy atom. The van der Waals surface area contributed by atoms with Crippen LogP contribution in [0.3, 0.4) is 0 Å². The zero-order valence-electron chi connectivity index (χ0n) is 33.8. The largest absolute Gasteiger partial charge is 0.309 e. The molecule has 0 spiro atoms. The summed E-state index contributed by atoms with van der Waals surface area (Å²) in [6, 6.07) is 72.5. The summed E-state index contributed by atoms with van der Waals surface area (Å²) in [4.78, 5) is 16.4. The van der Waals surface area contributed by atoms with Crippen LogP contribution >= 0.6 is 11.3 Å². The summed E-state index contributed by atoms with van der Waals surface area (Å²) in [5.74, 6) is 1.90. The predicted molar refractivity (Wildman–Crippen MR) is 263 cm³/mol. The van der Waals surface area contributed by atoms with Crippen molar-refractivity contribution >= 4 is 85.6 Å². The van der Waals surface area contributed by atoms with Crippen LogP contribution in [0.2, 0.25) is 0 Å². The number of thiophene rings is 1. The second-order valence-corrected chi connectivity index (χ2v) is 17.7. The van der Waals surface area contributed by atoms with E-state index in [-0.39, 0.29) is 5.92 Å². The molecule has 0 fully saturated rings. The second kappa shape index (κ2) is 13.3. The predicted octanol–water partition coefficient (Wildman–Crippen LogP) is 15.3. The van der Waals surface area contributed by atoms with Crippen LogP contribution in [0.25, 0.3) is 114 Å². The lowest BCUT2D eigenvalue weighted by molar-refractivity contribution is 0.856. The van der Waals surface area contributed by atoms with Gasteiger partial charge in [-0.15, -0.1) is 11.3 Å². The van der Waals surface area contributed by atoms with Crippen LogP contribution in [0.4, 0.5) is 0 Å². The van der Waals surface area contributed by atoms with Crippen LogP contribution in [0.5, 0.6) is 0 Å². The van der Waals surface area contributed by atoms with Crippen molar-refractivity contribution in [3.05, 3.63) is 217 Å². The summed E-state index contributed by atoms with van der Waals surface area (Å²) in [7, 11) is 0. The fourth-order valence-electron chi connectivity index (χ4n) is 10.5. The number of hydrogen-bond acceptors (Lipinski definition) is 4. The smallest absolute Gasteiger partial charge is 0.165 e. The van der Waals surface area contributed by atoms with Gasteiger partial charge in [0.2, 0.25) is 0 Å². The molecule has 1 aliphatic rings. The summed E-state index contributed by atoms with van der Waals surface area (Å²) >= 11 is 1.81. The number of fused-ring (bicyclic) bond motifs is 15. The first-order valence-corrected chi connectivity index (χ1v) is 22.3. The van der Waals surface area contributed by atoms with Crippen molar-refractivity contribution in [2.24, 2.45) is 0 Å². The van der Waals surface area contributed by atoms with E-state index in [4.69, 9.17) is 15.0 Å². The van der Waals surface area contributed by atoms with E-state index in [0.29, 0.717) is 11.6 Å². The van der Waals surface area contributed by atoms with Gasteiger partial charge in [0.15, 0.2) is 11.6 Å². The average Bonchev–Trinajstić information content (AvgIpc) is 4.02. The van der Waals surface area contributed by atoms with E-state index in [2.05, 4.69) is 199 Å². The highest BCUT2D eigenvalue weighted by molar-refractivity contribution is 7.26. The van der Waals surface area contributed by atoms with E-state index in [1.807, 2.05) is 17.4 Å². The first-order valence-electron chi connectivity index (χ1n) is 21.5. The number of nitrogens with zero attached hydrogens (tertiary/aromatic N) is 4. The van der Waals surface area contributed by atoms with Gasteiger partial charge in [-0.1, -0.05) is 170 Å². The number of aromatic nitrogens is 4. The van der Waals surface area contributed by atoms with Crippen LogP contribution in [0.15, 0.2) is 200 Å². The molecule has 1 aliphatic carbocycles. The highest BCUT2D eigenvalue weighted by Gasteiger charge is 2.34. The third-order valence-corrected chi connectivity index (χ3v) is 14.5.